The molecule has 0 radical (unpaired) electrons. The summed E-state index contributed by atoms with van der Waals surface area (Å²) < 4.78 is 0. The van der Waals surface area contributed by atoms with E-state index in [2.05, 4.69) is 5.32 Å². The number of carboxylic acids is 1. The zero-order valence-corrected chi connectivity index (χ0v) is 12.6. The minimum atomic E-state index is -1.46. The molecular weight excluding hydrogens is 289 g/mol. The van der Waals surface area contributed by atoms with Crippen molar-refractivity contribution in [3.8, 4) is 0 Å². The van der Waals surface area contributed by atoms with Crippen LogP contribution >= 0.6 is 0 Å². The second kappa shape index (κ2) is 6.95. The van der Waals surface area contributed by atoms with Crippen LogP contribution in [-0.4, -0.2) is 70.3 Å². The molecule has 0 saturated carbocycles. The summed E-state index contributed by atoms with van der Waals surface area (Å²) in [4.78, 5) is 25.5. The first-order chi connectivity index (χ1) is 10.3. The molecule has 0 aromatic rings. The lowest BCUT2D eigenvalue weighted by molar-refractivity contribution is -0.144. The lowest BCUT2D eigenvalue weighted by Crippen LogP contribution is -2.55. The van der Waals surface area contributed by atoms with Crippen molar-refractivity contribution < 1.29 is 24.7 Å². The van der Waals surface area contributed by atoms with Crippen LogP contribution in [0, 0.1) is 5.92 Å². The molecule has 0 bridgehead atoms. The number of nitrogens with zero attached hydrogens (tertiary/aromatic N) is 1. The van der Waals surface area contributed by atoms with E-state index in [0.717, 1.165) is 19.4 Å². The van der Waals surface area contributed by atoms with Crippen molar-refractivity contribution in [2.24, 2.45) is 11.7 Å². The second-order valence-electron chi connectivity index (χ2n) is 6.32. The van der Waals surface area contributed by atoms with E-state index >= 15 is 0 Å². The molecule has 2 heterocycles. The summed E-state index contributed by atoms with van der Waals surface area (Å²) in [5.74, 6) is -1.58. The Hall–Kier alpha value is -1.16. The third-order valence-electron chi connectivity index (χ3n) is 4.70. The van der Waals surface area contributed by atoms with Gasteiger partial charge in [-0.3, -0.25) is 9.59 Å². The fourth-order valence-electron chi connectivity index (χ4n) is 3.36. The lowest BCUT2D eigenvalue weighted by atomic mass is 9.78. The van der Waals surface area contributed by atoms with Crippen LogP contribution in [0.25, 0.3) is 0 Å². The summed E-state index contributed by atoms with van der Waals surface area (Å²) in [6, 6.07) is -0.240. The van der Waals surface area contributed by atoms with E-state index in [1.807, 2.05) is 0 Å². The van der Waals surface area contributed by atoms with Crippen LogP contribution in [0.4, 0.5) is 0 Å². The largest absolute Gasteiger partial charge is 0.480 e. The highest BCUT2D eigenvalue weighted by Gasteiger charge is 2.51. The van der Waals surface area contributed by atoms with E-state index in [9.17, 15) is 14.7 Å². The number of carboxylic acid groups (broad SMARTS) is 1. The second-order valence-corrected chi connectivity index (χ2v) is 6.32. The predicted octanol–water partition coefficient (Wildman–Crippen LogP) is -1.77. The number of aliphatic carboxylic acids is 1. The number of carbonyl (C=O) groups excluding carboxylic acids is 1. The highest BCUT2D eigenvalue weighted by atomic mass is 16.4. The molecule has 8 nitrogen and oxygen atoms in total. The Morgan fingerprint density at radius 3 is 2.68 bits per heavy atom. The number of likely N-dealkylation sites (tertiary alicyclic amines) is 1. The van der Waals surface area contributed by atoms with Crippen molar-refractivity contribution in [2.45, 2.75) is 43.6 Å². The van der Waals surface area contributed by atoms with Gasteiger partial charge in [-0.05, 0) is 32.1 Å². The predicted molar refractivity (Wildman–Crippen MR) is 79.9 cm³/mol. The van der Waals surface area contributed by atoms with Crippen LogP contribution in [0.5, 0.6) is 0 Å². The molecule has 0 unspecified atom stereocenters. The van der Waals surface area contributed by atoms with Crippen molar-refractivity contribution in [3.05, 3.63) is 0 Å². The third-order valence-corrected chi connectivity index (χ3v) is 4.70. The Morgan fingerprint density at radius 1 is 1.41 bits per heavy atom. The van der Waals surface area contributed by atoms with Crippen LogP contribution in [0.2, 0.25) is 6.32 Å². The fraction of sp³-hybridized carbons (Fsp3) is 0.846. The first kappa shape index (κ1) is 17.2. The van der Waals surface area contributed by atoms with Gasteiger partial charge in [0.1, 0.15) is 5.54 Å². The summed E-state index contributed by atoms with van der Waals surface area (Å²) in [6.07, 6.45) is 2.78. The normalized spacial score (nSPS) is 31.5. The number of hydrogen-bond acceptors (Lipinski definition) is 6. The average Bonchev–Trinajstić information content (AvgIpc) is 3.07. The Labute approximate surface area is 129 Å². The highest BCUT2D eigenvalue weighted by Crippen LogP contribution is 2.31. The number of carbonyl (C=O) groups is 2. The van der Waals surface area contributed by atoms with Crippen LogP contribution in [-0.2, 0) is 9.59 Å². The van der Waals surface area contributed by atoms with E-state index in [4.69, 9.17) is 15.8 Å². The van der Waals surface area contributed by atoms with Gasteiger partial charge in [-0.15, -0.1) is 0 Å². The maximum Gasteiger partial charge on any atom is 0.451 e. The Bertz CT molecular complexity index is 430. The van der Waals surface area contributed by atoms with Crippen molar-refractivity contribution in [2.75, 3.05) is 19.6 Å². The average molecular weight is 313 g/mol. The molecular formula is C13H24BN3O5. The van der Waals surface area contributed by atoms with Crippen LogP contribution in [0.15, 0.2) is 0 Å². The molecule has 2 saturated heterocycles. The first-order valence-corrected chi connectivity index (χ1v) is 7.75. The van der Waals surface area contributed by atoms with Gasteiger partial charge in [0, 0.05) is 19.0 Å². The van der Waals surface area contributed by atoms with Crippen LogP contribution in [0.1, 0.15) is 25.7 Å². The Kier molecular flexibility index (Phi) is 5.43. The molecule has 2 aliphatic rings. The molecule has 22 heavy (non-hydrogen) atoms. The Morgan fingerprint density at radius 2 is 2.14 bits per heavy atom. The molecule has 3 atom stereocenters. The van der Waals surface area contributed by atoms with Gasteiger partial charge in [-0.25, -0.2) is 0 Å². The van der Waals surface area contributed by atoms with E-state index in [1.165, 1.54) is 4.90 Å². The summed E-state index contributed by atoms with van der Waals surface area (Å²) in [6.45, 7) is 1.11. The topological polar surface area (TPSA) is 136 Å². The number of rotatable bonds is 6. The number of hydrogen-bond donors (Lipinski definition) is 5. The number of nitrogens with one attached hydrogen (secondary N) is 1. The minimum absolute atomic E-state index is 0.00565. The van der Waals surface area contributed by atoms with Gasteiger partial charge in [0.25, 0.3) is 0 Å². The van der Waals surface area contributed by atoms with Crippen molar-refractivity contribution in [1.29, 1.82) is 0 Å². The monoisotopic (exact) mass is 313 g/mol. The summed E-state index contributed by atoms with van der Waals surface area (Å²) in [5, 5.41) is 30.3. The van der Waals surface area contributed by atoms with Gasteiger partial charge < -0.3 is 31.1 Å². The Balaban J connectivity index is 2.01. The van der Waals surface area contributed by atoms with E-state index in [1.54, 1.807) is 0 Å². The summed E-state index contributed by atoms with van der Waals surface area (Å²) >= 11 is 0. The standard InChI is InChI=1S/C13H24BN3O5/c15-13(12(19)20)8-17(11(18)10-4-2-6-16-10)7-9(13)3-1-5-14(21)22/h9-10,16,21-22H,1-8,15H2,(H,19,20)/t9-,10-,13-/m0/s1. The third kappa shape index (κ3) is 3.60. The van der Waals surface area contributed by atoms with Crippen LogP contribution in [0.3, 0.4) is 0 Å². The van der Waals surface area contributed by atoms with Gasteiger partial charge in [0.05, 0.1) is 6.04 Å². The number of nitrogens with two attached hydrogens (primary N) is 1. The number of amides is 1. The van der Waals surface area contributed by atoms with Crippen molar-refractivity contribution in [1.82, 2.24) is 10.2 Å². The van der Waals surface area contributed by atoms with Gasteiger partial charge in [-0.2, -0.15) is 0 Å². The van der Waals surface area contributed by atoms with E-state index in [0.29, 0.717) is 19.4 Å². The molecule has 9 heteroatoms. The summed E-state index contributed by atoms with van der Waals surface area (Å²) in [5.41, 5.74) is 4.59. The minimum Gasteiger partial charge on any atom is -0.480 e. The highest BCUT2D eigenvalue weighted by molar-refractivity contribution is 6.40. The molecule has 2 aliphatic heterocycles. The van der Waals surface area contributed by atoms with Gasteiger partial charge in [0.15, 0.2) is 0 Å². The van der Waals surface area contributed by atoms with E-state index in [-0.39, 0.29) is 30.7 Å². The van der Waals surface area contributed by atoms with Crippen LogP contribution < -0.4 is 11.1 Å². The van der Waals surface area contributed by atoms with E-state index < -0.39 is 18.6 Å². The zero-order chi connectivity index (χ0) is 16.3. The molecule has 0 aliphatic carbocycles. The summed E-state index contributed by atoms with van der Waals surface area (Å²) in [7, 11) is -1.40. The van der Waals surface area contributed by atoms with Gasteiger partial charge in [-0.1, -0.05) is 6.42 Å². The quantitative estimate of drug-likeness (QED) is 0.366. The lowest BCUT2D eigenvalue weighted by Gasteiger charge is -2.25. The maximum atomic E-state index is 12.4. The first-order valence-electron chi connectivity index (χ1n) is 7.75. The molecule has 0 spiro atoms. The molecule has 0 aromatic carbocycles. The van der Waals surface area contributed by atoms with Crippen molar-refractivity contribution in [3.63, 3.8) is 0 Å². The molecule has 2 rings (SSSR count). The SMILES string of the molecule is N[C@@]1(C(=O)O)CN(C(=O)[C@@H]2CCCN2)C[C@@H]1CCCB(O)O. The maximum absolute atomic E-state index is 12.4. The zero-order valence-electron chi connectivity index (χ0n) is 12.6. The smallest absolute Gasteiger partial charge is 0.451 e. The molecule has 1 amide bonds. The molecule has 6 N–H and O–H groups in total. The molecule has 2 fully saturated rings. The molecule has 0 aromatic heterocycles. The fourth-order valence-corrected chi connectivity index (χ4v) is 3.36. The van der Waals surface area contributed by atoms with Gasteiger partial charge in [0.2, 0.25) is 5.91 Å². The van der Waals surface area contributed by atoms with Gasteiger partial charge >= 0.3 is 13.1 Å². The molecule has 124 valence electrons. The van der Waals surface area contributed by atoms with Crippen molar-refractivity contribution >= 4 is 19.0 Å².